The Kier molecular flexibility index (Phi) is 5.71. The summed E-state index contributed by atoms with van der Waals surface area (Å²) in [6.07, 6.45) is 5.70. The fourth-order valence-electron chi connectivity index (χ4n) is 5.23. The van der Waals surface area contributed by atoms with Crippen LogP contribution in [-0.2, 0) is 11.3 Å². The van der Waals surface area contributed by atoms with Crippen molar-refractivity contribution in [1.29, 1.82) is 0 Å². The average molecular weight is 453 g/mol. The first-order chi connectivity index (χ1) is 15.5. The van der Waals surface area contributed by atoms with Crippen LogP contribution in [0.25, 0.3) is 0 Å². The second-order valence-corrected chi connectivity index (χ2v) is 10.1. The smallest absolute Gasteiger partial charge is 0.264 e. The lowest BCUT2D eigenvalue weighted by molar-refractivity contribution is -0.137. The maximum atomic E-state index is 13.3. The van der Waals surface area contributed by atoms with Gasteiger partial charge in [0, 0.05) is 37.8 Å². The van der Waals surface area contributed by atoms with Gasteiger partial charge < -0.3 is 9.80 Å². The summed E-state index contributed by atoms with van der Waals surface area (Å²) in [5.41, 5.74) is 1.68. The summed E-state index contributed by atoms with van der Waals surface area (Å²) in [6, 6.07) is 5.47. The standard InChI is InChI=1S/C24H28N4O3S/c1-16-5-3-11-27(13-16)22(29)17-6-4-10-26(14-17)19-8-2-7-18-21(19)24(31)28(23(18)30)15-20-25-9-12-32-20/h2,7-9,12,16-17H,3-6,10-11,13-15H2,1H3/t16-,17+/m0/s1. The van der Waals surface area contributed by atoms with E-state index in [1.54, 1.807) is 12.3 Å². The number of likely N-dealkylation sites (tertiary alicyclic amines) is 1. The van der Waals surface area contributed by atoms with Gasteiger partial charge in [0.15, 0.2) is 0 Å². The second-order valence-electron chi connectivity index (χ2n) is 9.14. The normalized spacial score (nSPS) is 23.6. The average Bonchev–Trinajstić information content (AvgIpc) is 3.41. The zero-order valence-electron chi connectivity index (χ0n) is 18.3. The van der Waals surface area contributed by atoms with Crippen LogP contribution < -0.4 is 4.90 Å². The molecule has 3 aliphatic rings. The van der Waals surface area contributed by atoms with Crippen molar-refractivity contribution < 1.29 is 14.4 Å². The Balaban J connectivity index is 1.37. The Morgan fingerprint density at radius 3 is 2.75 bits per heavy atom. The number of carbonyl (C=O) groups is 3. The van der Waals surface area contributed by atoms with E-state index < -0.39 is 0 Å². The summed E-state index contributed by atoms with van der Waals surface area (Å²) in [5, 5.41) is 2.58. The molecule has 3 amide bonds. The molecule has 2 atom stereocenters. The van der Waals surface area contributed by atoms with Gasteiger partial charge >= 0.3 is 0 Å². The Morgan fingerprint density at radius 2 is 1.97 bits per heavy atom. The molecule has 0 N–H and O–H groups in total. The van der Waals surface area contributed by atoms with Crippen molar-refractivity contribution in [1.82, 2.24) is 14.8 Å². The van der Waals surface area contributed by atoms with E-state index >= 15 is 0 Å². The summed E-state index contributed by atoms with van der Waals surface area (Å²) in [6.45, 7) is 5.46. The van der Waals surface area contributed by atoms with Crippen molar-refractivity contribution in [2.24, 2.45) is 11.8 Å². The minimum atomic E-state index is -0.269. The quantitative estimate of drug-likeness (QED) is 0.665. The predicted octanol–water partition coefficient (Wildman–Crippen LogP) is 3.41. The van der Waals surface area contributed by atoms with Crippen molar-refractivity contribution in [2.75, 3.05) is 31.1 Å². The van der Waals surface area contributed by atoms with E-state index in [9.17, 15) is 14.4 Å². The maximum absolute atomic E-state index is 13.3. The first-order valence-corrected chi connectivity index (χ1v) is 12.3. The molecule has 0 saturated carbocycles. The van der Waals surface area contributed by atoms with E-state index in [4.69, 9.17) is 0 Å². The van der Waals surface area contributed by atoms with Crippen molar-refractivity contribution in [3.63, 3.8) is 0 Å². The van der Waals surface area contributed by atoms with E-state index in [-0.39, 0.29) is 30.2 Å². The molecule has 32 heavy (non-hydrogen) atoms. The van der Waals surface area contributed by atoms with Gasteiger partial charge in [-0.3, -0.25) is 19.3 Å². The fraction of sp³-hybridized carbons (Fsp3) is 0.500. The highest BCUT2D eigenvalue weighted by Crippen LogP contribution is 2.35. The van der Waals surface area contributed by atoms with E-state index in [2.05, 4.69) is 16.8 Å². The minimum Gasteiger partial charge on any atom is -0.370 e. The molecule has 4 heterocycles. The van der Waals surface area contributed by atoms with Crippen molar-refractivity contribution >= 4 is 34.7 Å². The Labute approximate surface area is 192 Å². The molecular formula is C24H28N4O3S. The largest absolute Gasteiger partial charge is 0.370 e. The van der Waals surface area contributed by atoms with Crippen molar-refractivity contribution in [3.05, 3.63) is 45.9 Å². The van der Waals surface area contributed by atoms with Gasteiger partial charge in [0.2, 0.25) is 5.91 Å². The molecule has 1 aromatic heterocycles. The summed E-state index contributed by atoms with van der Waals surface area (Å²) in [5.74, 6) is 0.186. The number of carbonyl (C=O) groups excluding carboxylic acids is 3. The monoisotopic (exact) mass is 452 g/mol. The lowest BCUT2D eigenvalue weighted by atomic mass is 9.93. The first kappa shape index (κ1) is 21.1. The zero-order valence-corrected chi connectivity index (χ0v) is 19.1. The van der Waals surface area contributed by atoms with Crippen LogP contribution in [0.2, 0.25) is 0 Å². The summed E-state index contributed by atoms with van der Waals surface area (Å²) in [4.78, 5) is 49.2. The molecule has 168 valence electrons. The van der Waals surface area contributed by atoms with Crippen LogP contribution >= 0.6 is 11.3 Å². The number of thiazole rings is 1. The molecule has 0 unspecified atom stereocenters. The summed E-state index contributed by atoms with van der Waals surface area (Å²) in [7, 11) is 0. The number of hydrogen-bond donors (Lipinski definition) is 0. The molecule has 2 fully saturated rings. The van der Waals surface area contributed by atoms with Gasteiger partial charge in [-0.05, 0) is 43.7 Å². The minimum absolute atomic E-state index is 0.0662. The fourth-order valence-corrected chi connectivity index (χ4v) is 5.84. The van der Waals surface area contributed by atoms with Crippen LogP contribution in [-0.4, -0.2) is 58.7 Å². The van der Waals surface area contributed by atoms with Crippen molar-refractivity contribution in [3.8, 4) is 0 Å². The van der Waals surface area contributed by atoms with Gasteiger partial charge in [0.25, 0.3) is 11.8 Å². The van der Waals surface area contributed by atoms with Gasteiger partial charge in [-0.1, -0.05) is 13.0 Å². The van der Waals surface area contributed by atoms with Gasteiger partial charge in [0.05, 0.1) is 29.3 Å². The number of rotatable bonds is 4. The highest BCUT2D eigenvalue weighted by molar-refractivity contribution is 7.09. The highest BCUT2D eigenvalue weighted by Gasteiger charge is 2.40. The highest BCUT2D eigenvalue weighted by atomic mass is 32.1. The number of benzene rings is 1. The third-order valence-corrected chi connectivity index (χ3v) is 7.60. The van der Waals surface area contributed by atoms with E-state index in [1.165, 1.54) is 22.7 Å². The second kappa shape index (κ2) is 8.65. The Morgan fingerprint density at radius 1 is 1.12 bits per heavy atom. The molecule has 7 nitrogen and oxygen atoms in total. The molecule has 2 aromatic rings. The number of fused-ring (bicyclic) bond motifs is 1. The lowest BCUT2D eigenvalue weighted by Gasteiger charge is -2.38. The molecule has 2 saturated heterocycles. The third kappa shape index (κ3) is 3.81. The number of aromatic nitrogens is 1. The van der Waals surface area contributed by atoms with Crippen molar-refractivity contribution in [2.45, 2.75) is 39.2 Å². The number of anilines is 1. The topological polar surface area (TPSA) is 73.8 Å². The van der Waals surface area contributed by atoms with Crippen LogP contribution in [0.15, 0.2) is 29.8 Å². The molecule has 5 rings (SSSR count). The number of hydrogen-bond acceptors (Lipinski definition) is 6. The number of imide groups is 1. The van der Waals surface area contributed by atoms with Gasteiger partial charge in [0.1, 0.15) is 5.01 Å². The molecule has 0 spiro atoms. The maximum Gasteiger partial charge on any atom is 0.264 e. The molecule has 0 radical (unpaired) electrons. The van der Waals surface area contributed by atoms with Crippen LogP contribution in [0.3, 0.4) is 0 Å². The van der Waals surface area contributed by atoms with Gasteiger partial charge in [-0.25, -0.2) is 4.98 Å². The van der Waals surface area contributed by atoms with E-state index in [0.717, 1.165) is 49.6 Å². The predicted molar refractivity (Wildman–Crippen MR) is 123 cm³/mol. The summed E-state index contributed by atoms with van der Waals surface area (Å²) < 4.78 is 0. The van der Waals surface area contributed by atoms with Crippen LogP contribution in [0.4, 0.5) is 5.69 Å². The van der Waals surface area contributed by atoms with E-state index in [1.807, 2.05) is 22.4 Å². The lowest BCUT2D eigenvalue weighted by Crippen LogP contribution is -2.48. The summed E-state index contributed by atoms with van der Waals surface area (Å²) >= 11 is 1.43. The number of amides is 3. The van der Waals surface area contributed by atoms with Gasteiger partial charge in [-0.2, -0.15) is 0 Å². The SMILES string of the molecule is C[C@H]1CCCN(C(=O)[C@@H]2CCCN(c3cccc4c3C(=O)N(Cc3nccs3)C4=O)C2)C1. The Hall–Kier alpha value is -2.74. The van der Waals surface area contributed by atoms with Crippen LogP contribution in [0, 0.1) is 11.8 Å². The number of piperidine rings is 2. The molecule has 8 heteroatoms. The van der Waals surface area contributed by atoms with Gasteiger partial charge in [-0.15, -0.1) is 11.3 Å². The number of nitrogens with zero attached hydrogens (tertiary/aromatic N) is 4. The molecule has 0 bridgehead atoms. The zero-order chi connectivity index (χ0) is 22.2. The molecule has 1 aromatic carbocycles. The first-order valence-electron chi connectivity index (χ1n) is 11.4. The van der Waals surface area contributed by atoms with Crippen LogP contribution in [0.1, 0.15) is 58.3 Å². The third-order valence-electron chi connectivity index (χ3n) is 6.83. The van der Waals surface area contributed by atoms with Crippen LogP contribution in [0.5, 0.6) is 0 Å². The van der Waals surface area contributed by atoms with E-state index in [0.29, 0.717) is 23.6 Å². The molecular weight excluding hydrogens is 424 g/mol. The molecule has 0 aliphatic carbocycles. The molecule has 3 aliphatic heterocycles. The Bertz CT molecular complexity index is 1040.